The molecule has 0 aliphatic carbocycles. The molecule has 1 aliphatic heterocycles. The molecule has 0 radical (unpaired) electrons. The van der Waals surface area contributed by atoms with E-state index in [1.165, 1.54) is 11.3 Å². The number of hydrogen-bond acceptors (Lipinski definition) is 3. The third-order valence-corrected chi connectivity index (χ3v) is 3.86. The number of aryl methyl sites for hydroxylation is 1. The topological polar surface area (TPSA) is 44.1 Å². The summed E-state index contributed by atoms with van der Waals surface area (Å²) in [4.78, 5) is 14.0. The summed E-state index contributed by atoms with van der Waals surface area (Å²) >= 11 is 1.54. The Morgan fingerprint density at radius 2 is 2.38 bits per heavy atom. The first-order valence-electron chi connectivity index (χ1n) is 5.47. The lowest BCUT2D eigenvalue weighted by Crippen LogP contribution is -2.43. The maximum atomic E-state index is 12.2. The molecule has 0 spiro atoms. The van der Waals surface area contributed by atoms with Crippen molar-refractivity contribution in [3.8, 4) is 6.07 Å². The van der Waals surface area contributed by atoms with Crippen LogP contribution in [0.3, 0.4) is 0 Å². The second-order valence-electron chi connectivity index (χ2n) is 4.11. The van der Waals surface area contributed by atoms with E-state index in [2.05, 4.69) is 6.07 Å². The maximum absolute atomic E-state index is 12.2. The molecular weight excluding hydrogens is 220 g/mol. The van der Waals surface area contributed by atoms with E-state index < -0.39 is 0 Å². The fourth-order valence-electron chi connectivity index (χ4n) is 2.04. The van der Waals surface area contributed by atoms with Crippen LogP contribution in [0.15, 0.2) is 10.8 Å². The van der Waals surface area contributed by atoms with Crippen LogP contribution in [-0.4, -0.2) is 23.4 Å². The average Bonchev–Trinajstić information content (AvgIpc) is 2.74. The fraction of sp³-hybridized carbons (Fsp3) is 0.500. The summed E-state index contributed by atoms with van der Waals surface area (Å²) in [5.74, 6) is 0.0185. The standard InChI is InChI=1S/C12H14N2OS/c1-9-7-16-8-11(9)12(15)14-5-3-2-4-10(14)6-13/h7-8,10H,2-5H2,1H3. The minimum absolute atomic E-state index is 0.0185. The number of likely N-dealkylation sites (tertiary alicyclic amines) is 1. The SMILES string of the molecule is Cc1cscc1C(=O)N1CCCCC1C#N. The van der Waals surface area contributed by atoms with Gasteiger partial charge in [-0.1, -0.05) is 0 Å². The molecule has 0 bridgehead atoms. The Labute approximate surface area is 99.3 Å². The highest BCUT2D eigenvalue weighted by Gasteiger charge is 2.28. The Bertz CT molecular complexity index is 432. The molecule has 0 saturated carbocycles. The van der Waals surface area contributed by atoms with Gasteiger partial charge in [0.05, 0.1) is 11.6 Å². The van der Waals surface area contributed by atoms with Crippen LogP contribution in [0.25, 0.3) is 0 Å². The number of hydrogen-bond donors (Lipinski definition) is 0. The zero-order valence-corrected chi connectivity index (χ0v) is 10.1. The van der Waals surface area contributed by atoms with E-state index in [1.54, 1.807) is 4.90 Å². The van der Waals surface area contributed by atoms with Crippen LogP contribution in [0.4, 0.5) is 0 Å². The first kappa shape index (κ1) is 11.2. The van der Waals surface area contributed by atoms with Crippen LogP contribution >= 0.6 is 11.3 Å². The highest BCUT2D eigenvalue weighted by Crippen LogP contribution is 2.22. The smallest absolute Gasteiger partial charge is 0.256 e. The zero-order valence-electron chi connectivity index (χ0n) is 9.27. The molecule has 1 aliphatic rings. The summed E-state index contributed by atoms with van der Waals surface area (Å²) in [6.45, 7) is 2.65. The minimum atomic E-state index is -0.236. The van der Waals surface area contributed by atoms with Crippen LogP contribution in [0, 0.1) is 18.3 Å². The molecule has 0 aromatic carbocycles. The monoisotopic (exact) mass is 234 g/mol. The van der Waals surface area contributed by atoms with E-state index in [0.717, 1.165) is 30.4 Å². The van der Waals surface area contributed by atoms with Gasteiger partial charge in [-0.25, -0.2) is 0 Å². The molecule has 16 heavy (non-hydrogen) atoms. The Balaban J connectivity index is 2.21. The molecule has 1 fully saturated rings. The molecule has 1 unspecified atom stereocenters. The predicted octanol–water partition coefficient (Wildman–Crippen LogP) is 2.57. The number of piperidine rings is 1. The van der Waals surface area contributed by atoms with Gasteiger partial charge in [-0.3, -0.25) is 4.79 Å². The first-order valence-corrected chi connectivity index (χ1v) is 6.41. The molecular formula is C12H14N2OS. The van der Waals surface area contributed by atoms with Gasteiger partial charge in [0.25, 0.3) is 5.91 Å². The average molecular weight is 234 g/mol. The number of amides is 1. The van der Waals surface area contributed by atoms with Gasteiger partial charge in [-0.05, 0) is 37.1 Å². The number of nitrogens with zero attached hydrogens (tertiary/aromatic N) is 2. The third-order valence-electron chi connectivity index (χ3n) is 3.00. The van der Waals surface area contributed by atoms with E-state index in [4.69, 9.17) is 5.26 Å². The van der Waals surface area contributed by atoms with Gasteiger partial charge >= 0.3 is 0 Å². The first-order chi connectivity index (χ1) is 7.74. The highest BCUT2D eigenvalue weighted by molar-refractivity contribution is 7.08. The highest BCUT2D eigenvalue weighted by atomic mass is 32.1. The van der Waals surface area contributed by atoms with Gasteiger partial charge < -0.3 is 4.90 Å². The molecule has 1 aromatic heterocycles. The summed E-state index contributed by atoms with van der Waals surface area (Å²) in [5.41, 5.74) is 1.77. The number of rotatable bonds is 1. The molecule has 0 N–H and O–H groups in total. The quantitative estimate of drug-likeness (QED) is 0.749. The lowest BCUT2D eigenvalue weighted by atomic mass is 10.0. The largest absolute Gasteiger partial charge is 0.323 e. The van der Waals surface area contributed by atoms with E-state index in [-0.39, 0.29) is 11.9 Å². The summed E-state index contributed by atoms with van der Waals surface area (Å²) in [6.07, 6.45) is 2.86. The van der Waals surface area contributed by atoms with Crippen LogP contribution in [0.1, 0.15) is 35.2 Å². The van der Waals surface area contributed by atoms with E-state index in [0.29, 0.717) is 6.54 Å². The summed E-state index contributed by atoms with van der Waals surface area (Å²) in [5, 5.41) is 12.9. The Kier molecular flexibility index (Phi) is 3.25. The number of thiophene rings is 1. The van der Waals surface area contributed by atoms with Gasteiger partial charge in [0.2, 0.25) is 0 Å². The Morgan fingerprint density at radius 1 is 1.56 bits per heavy atom. The van der Waals surface area contributed by atoms with Gasteiger partial charge in [0.15, 0.2) is 0 Å². The van der Waals surface area contributed by atoms with Crippen molar-refractivity contribution >= 4 is 17.2 Å². The van der Waals surface area contributed by atoms with Crippen molar-refractivity contribution in [2.45, 2.75) is 32.2 Å². The van der Waals surface area contributed by atoms with E-state index in [1.807, 2.05) is 17.7 Å². The predicted molar refractivity (Wildman–Crippen MR) is 63.3 cm³/mol. The Hall–Kier alpha value is -1.34. The van der Waals surface area contributed by atoms with Crippen molar-refractivity contribution in [2.75, 3.05) is 6.54 Å². The van der Waals surface area contributed by atoms with E-state index >= 15 is 0 Å². The number of nitriles is 1. The van der Waals surface area contributed by atoms with Crippen molar-refractivity contribution in [2.24, 2.45) is 0 Å². The lowest BCUT2D eigenvalue weighted by molar-refractivity contribution is 0.0670. The van der Waals surface area contributed by atoms with Crippen LogP contribution < -0.4 is 0 Å². The second kappa shape index (κ2) is 4.67. The molecule has 84 valence electrons. The maximum Gasteiger partial charge on any atom is 0.256 e. The van der Waals surface area contributed by atoms with Crippen LogP contribution in [0.5, 0.6) is 0 Å². The molecule has 2 heterocycles. The molecule has 1 amide bonds. The van der Waals surface area contributed by atoms with Gasteiger partial charge in [0.1, 0.15) is 6.04 Å². The molecule has 3 nitrogen and oxygen atoms in total. The van der Waals surface area contributed by atoms with Crippen molar-refractivity contribution < 1.29 is 4.79 Å². The van der Waals surface area contributed by atoms with Crippen molar-refractivity contribution in [1.29, 1.82) is 5.26 Å². The zero-order chi connectivity index (χ0) is 11.5. The number of carbonyl (C=O) groups is 1. The van der Waals surface area contributed by atoms with Crippen LogP contribution in [0.2, 0.25) is 0 Å². The lowest BCUT2D eigenvalue weighted by Gasteiger charge is -2.31. The summed E-state index contributed by atoms with van der Waals surface area (Å²) in [6, 6.07) is 1.99. The summed E-state index contributed by atoms with van der Waals surface area (Å²) < 4.78 is 0. The van der Waals surface area contributed by atoms with Gasteiger partial charge in [-0.2, -0.15) is 16.6 Å². The summed E-state index contributed by atoms with van der Waals surface area (Å²) in [7, 11) is 0. The molecule has 2 rings (SSSR count). The van der Waals surface area contributed by atoms with Crippen LogP contribution in [-0.2, 0) is 0 Å². The third kappa shape index (κ3) is 1.96. The van der Waals surface area contributed by atoms with Gasteiger partial charge in [-0.15, -0.1) is 0 Å². The molecule has 1 aromatic rings. The minimum Gasteiger partial charge on any atom is -0.323 e. The van der Waals surface area contributed by atoms with Crippen molar-refractivity contribution in [1.82, 2.24) is 4.90 Å². The van der Waals surface area contributed by atoms with Crippen molar-refractivity contribution in [3.05, 3.63) is 21.9 Å². The molecule has 4 heteroatoms. The number of carbonyl (C=O) groups excluding carboxylic acids is 1. The molecule has 1 saturated heterocycles. The van der Waals surface area contributed by atoms with E-state index in [9.17, 15) is 4.79 Å². The normalized spacial score (nSPS) is 20.5. The molecule has 1 atom stereocenters. The van der Waals surface area contributed by atoms with Crippen molar-refractivity contribution in [3.63, 3.8) is 0 Å². The second-order valence-corrected chi connectivity index (χ2v) is 4.85. The van der Waals surface area contributed by atoms with Gasteiger partial charge in [0, 0.05) is 11.9 Å². The Morgan fingerprint density at radius 3 is 3.00 bits per heavy atom. The fourth-order valence-corrected chi connectivity index (χ4v) is 2.87.